The first kappa shape index (κ1) is 28.7. The van der Waals surface area contributed by atoms with Crippen LogP contribution in [0.3, 0.4) is 0 Å². The van der Waals surface area contributed by atoms with Crippen LogP contribution in [0.5, 0.6) is 0 Å². The van der Waals surface area contributed by atoms with Gasteiger partial charge in [0.2, 0.25) is 0 Å². The van der Waals surface area contributed by atoms with E-state index in [1.807, 2.05) is 47.7 Å². The van der Waals surface area contributed by atoms with Crippen molar-refractivity contribution in [2.45, 2.75) is 6.17 Å². The molecule has 1 unspecified atom stereocenters. The maximum absolute atomic E-state index is 5.29. The number of aromatic nitrogens is 1. The van der Waals surface area contributed by atoms with Crippen molar-refractivity contribution in [1.29, 1.82) is 0 Å². The van der Waals surface area contributed by atoms with Crippen LogP contribution in [0, 0.1) is 0 Å². The van der Waals surface area contributed by atoms with Crippen molar-refractivity contribution >= 4 is 65.0 Å². The molecule has 5 heteroatoms. The Balaban J connectivity index is 1.25. The first-order valence-electron chi connectivity index (χ1n) is 16.8. The Bertz CT molecular complexity index is 2780. The quantitative estimate of drug-likeness (QED) is 0.177. The Labute approximate surface area is 293 Å². The lowest BCUT2D eigenvalue weighted by atomic mass is 10.0. The largest absolute Gasteiger partial charge is 0.438 e. The van der Waals surface area contributed by atoms with Crippen LogP contribution in [0.15, 0.2) is 180 Å². The summed E-state index contributed by atoms with van der Waals surface area (Å²) in [4.78, 5) is 10.3. The minimum atomic E-state index is -0.494. The average molecular weight is 658 g/mol. The maximum atomic E-state index is 5.29. The van der Waals surface area contributed by atoms with Gasteiger partial charge in [0.05, 0.1) is 23.0 Å². The number of rotatable bonds is 5. The van der Waals surface area contributed by atoms with E-state index in [-0.39, 0.29) is 0 Å². The van der Waals surface area contributed by atoms with Crippen LogP contribution in [-0.4, -0.2) is 16.2 Å². The molecule has 50 heavy (non-hydrogen) atoms. The topological polar surface area (TPSA) is 43.8 Å². The summed E-state index contributed by atoms with van der Waals surface area (Å²) < 4.78 is 4.87. The van der Waals surface area contributed by atoms with Gasteiger partial charge in [-0.1, -0.05) is 145 Å². The molecule has 1 aliphatic heterocycles. The van der Waals surface area contributed by atoms with Gasteiger partial charge in [-0.15, -0.1) is 11.3 Å². The van der Waals surface area contributed by atoms with Crippen molar-refractivity contribution in [3.05, 3.63) is 192 Å². The van der Waals surface area contributed by atoms with Crippen molar-refractivity contribution < 1.29 is 0 Å². The molecule has 0 spiro atoms. The van der Waals surface area contributed by atoms with E-state index in [0.717, 1.165) is 22.4 Å². The van der Waals surface area contributed by atoms with E-state index in [0.29, 0.717) is 11.7 Å². The normalized spacial score (nSPS) is 14.6. The van der Waals surface area contributed by atoms with Gasteiger partial charge in [-0.05, 0) is 58.1 Å². The molecule has 1 aliphatic rings. The van der Waals surface area contributed by atoms with Crippen LogP contribution < -0.4 is 0 Å². The number of thiophene rings is 1. The Hall–Kier alpha value is -6.30. The molecule has 0 N–H and O–H groups in total. The maximum Gasteiger partial charge on any atom is 0.0829 e. The van der Waals surface area contributed by atoms with Crippen LogP contribution in [0.1, 0.15) is 22.9 Å². The lowest BCUT2D eigenvalue weighted by Crippen LogP contribution is -2.16. The summed E-state index contributed by atoms with van der Waals surface area (Å²) in [6.45, 7) is 0. The summed E-state index contributed by atoms with van der Waals surface area (Å²) in [5.41, 5.74) is 8.82. The van der Waals surface area contributed by atoms with Gasteiger partial charge < -0.3 is 14.9 Å². The second-order valence-corrected chi connectivity index (χ2v) is 13.7. The molecular weight excluding hydrogens is 629 g/mol. The molecule has 0 saturated carbocycles. The van der Waals surface area contributed by atoms with Gasteiger partial charge in [0.25, 0.3) is 0 Å². The summed E-state index contributed by atoms with van der Waals surface area (Å²) in [7, 11) is 0. The monoisotopic (exact) mass is 657 g/mol. The number of para-hydroxylation sites is 1. The van der Waals surface area contributed by atoms with E-state index in [9.17, 15) is 0 Å². The smallest absolute Gasteiger partial charge is 0.0829 e. The van der Waals surface area contributed by atoms with E-state index in [1.54, 1.807) is 0 Å². The molecule has 0 radical (unpaired) electrons. The fourth-order valence-corrected chi connectivity index (χ4v) is 8.45. The summed E-state index contributed by atoms with van der Waals surface area (Å²) in [6.07, 6.45) is -0.494. The third-order valence-electron chi connectivity index (χ3n) is 9.58. The third kappa shape index (κ3) is 4.74. The van der Waals surface area contributed by atoms with E-state index in [4.69, 9.17) is 15.3 Å². The zero-order chi connectivity index (χ0) is 33.0. The summed E-state index contributed by atoms with van der Waals surface area (Å²) in [5, 5.41) is 10.2. The van der Waals surface area contributed by atoms with Crippen molar-refractivity contribution in [2.75, 3.05) is 0 Å². The van der Waals surface area contributed by atoms with Crippen LogP contribution in [-0.2, 0) is 0 Å². The summed E-state index contributed by atoms with van der Waals surface area (Å²) in [5.74, 6) is 1.37. The number of amidine groups is 2. The van der Waals surface area contributed by atoms with Gasteiger partial charge in [-0.2, -0.15) is 0 Å². The molecular formula is C45H29N4S-. The Morgan fingerprint density at radius 2 is 1.14 bits per heavy atom. The minimum Gasteiger partial charge on any atom is -0.438 e. The van der Waals surface area contributed by atoms with Crippen molar-refractivity contribution in [3.63, 3.8) is 0 Å². The van der Waals surface area contributed by atoms with Crippen LogP contribution >= 0.6 is 11.3 Å². The first-order valence-corrected chi connectivity index (χ1v) is 17.6. The predicted octanol–water partition coefficient (Wildman–Crippen LogP) is 12.1. The van der Waals surface area contributed by atoms with E-state index >= 15 is 0 Å². The molecule has 7 aromatic carbocycles. The lowest BCUT2D eigenvalue weighted by molar-refractivity contribution is 0.886. The Morgan fingerprint density at radius 3 is 1.92 bits per heavy atom. The zero-order valence-electron chi connectivity index (χ0n) is 26.9. The SMILES string of the molecule is c1ccc(C2=NC(c3cc(-n4c5ccccc5c5ccc(-c6ccccc6)cc54)cc4sc5ccccc5c34)[N-]C(c3ccccc3)=N2)cc1. The molecule has 236 valence electrons. The highest BCUT2D eigenvalue weighted by molar-refractivity contribution is 7.25. The zero-order valence-corrected chi connectivity index (χ0v) is 27.8. The van der Waals surface area contributed by atoms with E-state index in [2.05, 4.69) is 138 Å². The van der Waals surface area contributed by atoms with Gasteiger partial charge in [-0.3, -0.25) is 4.99 Å². The van der Waals surface area contributed by atoms with Crippen molar-refractivity contribution in [2.24, 2.45) is 9.98 Å². The van der Waals surface area contributed by atoms with Gasteiger partial charge in [0.15, 0.2) is 0 Å². The van der Waals surface area contributed by atoms with Gasteiger partial charge in [0, 0.05) is 36.6 Å². The summed E-state index contributed by atoms with van der Waals surface area (Å²) in [6, 6.07) is 60.0. The van der Waals surface area contributed by atoms with E-state index in [1.165, 1.54) is 53.1 Å². The molecule has 10 rings (SSSR count). The van der Waals surface area contributed by atoms with Gasteiger partial charge in [0.1, 0.15) is 0 Å². The molecule has 0 bridgehead atoms. The molecule has 1 atom stereocenters. The number of hydrogen-bond acceptors (Lipinski definition) is 3. The summed E-state index contributed by atoms with van der Waals surface area (Å²) >= 11 is 1.82. The number of nitrogens with zero attached hydrogens (tertiary/aromatic N) is 4. The Kier molecular flexibility index (Phi) is 6.71. The average Bonchev–Trinajstić information content (AvgIpc) is 3.74. The highest BCUT2D eigenvalue weighted by Crippen LogP contribution is 2.44. The standard InChI is InChI=1S/C45H29N4S/c1-4-14-29(15-5-1)32-24-25-35-34-20-10-12-22-38(34)49(39(35)26-32)33-27-37(42-36-21-11-13-23-40(36)50-41(42)28-33)45-47-43(30-16-6-2-7-17-30)46-44(48-45)31-18-8-3-9-19-31/h1-28,45H/q-1. The van der Waals surface area contributed by atoms with Crippen LogP contribution in [0.4, 0.5) is 0 Å². The number of fused-ring (bicyclic) bond motifs is 6. The van der Waals surface area contributed by atoms with Crippen LogP contribution in [0.25, 0.3) is 64.1 Å². The van der Waals surface area contributed by atoms with Crippen molar-refractivity contribution in [1.82, 2.24) is 4.57 Å². The Morgan fingerprint density at radius 1 is 0.500 bits per heavy atom. The fraction of sp³-hybridized carbons (Fsp3) is 0.0222. The second kappa shape index (κ2) is 11.7. The minimum absolute atomic E-state index is 0.494. The number of benzene rings is 7. The molecule has 0 saturated heterocycles. The highest BCUT2D eigenvalue weighted by Gasteiger charge is 2.22. The lowest BCUT2D eigenvalue weighted by Gasteiger charge is -2.33. The number of hydrogen-bond donors (Lipinski definition) is 0. The third-order valence-corrected chi connectivity index (χ3v) is 10.7. The van der Waals surface area contributed by atoms with Gasteiger partial charge >= 0.3 is 0 Å². The molecule has 9 aromatic rings. The molecule has 0 fully saturated rings. The predicted molar refractivity (Wildman–Crippen MR) is 211 cm³/mol. The first-order chi connectivity index (χ1) is 24.8. The molecule has 3 heterocycles. The number of aliphatic imine (C=N–C) groups is 2. The molecule has 2 aromatic heterocycles. The fourth-order valence-electron chi connectivity index (χ4n) is 7.27. The molecule has 0 amide bonds. The molecule has 0 aliphatic carbocycles. The van der Waals surface area contributed by atoms with Crippen molar-refractivity contribution in [3.8, 4) is 16.8 Å². The van der Waals surface area contributed by atoms with Gasteiger partial charge in [-0.25, -0.2) is 0 Å². The second-order valence-electron chi connectivity index (χ2n) is 12.6. The molecule has 4 nitrogen and oxygen atoms in total. The van der Waals surface area contributed by atoms with Crippen LogP contribution in [0.2, 0.25) is 0 Å². The van der Waals surface area contributed by atoms with E-state index < -0.39 is 6.17 Å². The highest BCUT2D eigenvalue weighted by atomic mass is 32.1.